The molecule has 11 nitrogen and oxygen atoms in total. The van der Waals surface area contributed by atoms with E-state index in [1.54, 1.807) is 14.1 Å². The number of carbonyl (C=O) groups is 1. The smallest absolute Gasteiger partial charge is 0.407 e. The number of nitrogens with one attached hydrogen (secondary N) is 1. The number of rotatable bonds is 5. The fraction of sp³-hybridized carbons (Fsp3) is 0.556. The molecule has 0 aliphatic heterocycles. The molecule has 30 heavy (non-hydrogen) atoms. The molecule has 0 saturated heterocycles. The third-order valence-electron chi connectivity index (χ3n) is 2.66. The van der Waals surface area contributed by atoms with Crippen LogP contribution in [0.4, 0.5) is 10.5 Å². The van der Waals surface area contributed by atoms with Gasteiger partial charge in [-0.2, -0.15) is 8.42 Å². The maximum atomic E-state index is 11.9. The number of sulfonamides is 1. The summed E-state index contributed by atoms with van der Waals surface area (Å²) in [4.78, 5) is 21.7. The number of amides is 1. The van der Waals surface area contributed by atoms with Crippen molar-refractivity contribution in [1.29, 1.82) is 0 Å². The lowest BCUT2D eigenvalue weighted by Gasteiger charge is -2.18. The second-order valence-corrected chi connectivity index (χ2v) is 8.10. The molecular formula is C18H32N4O7S. The van der Waals surface area contributed by atoms with Crippen LogP contribution in [-0.2, 0) is 14.8 Å². The minimum Gasteiger partial charge on any atom is -0.495 e. The van der Waals surface area contributed by atoms with Gasteiger partial charge in [0.25, 0.3) is 15.7 Å². The first-order valence-corrected chi connectivity index (χ1v) is 10.4. The standard InChI is InChI=1S/C10H13N3O5S.C6H13NO2.C2H6/c1-12(2)7-11-19(16,17)10-5-4-8(13(14)15)6-9(10)18-3;1-6(2,3)9-5(8)7-4;1-2/h4-7H,1-3H3;1-4H3,(H,7,8);1-2H3. The Morgan fingerprint density at radius 1 is 1.27 bits per heavy atom. The minimum atomic E-state index is -3.96. The van der Waals surface area contributed by atoms with Gasteiger partial charge in [-0.1, -0.05) is 13.8 Å². The molecule has 1 rings (SSSR count). The van der Waals surface area contributed by atoms with E-state index in [1.807, 2.05) is 34.6 Å². The number of methoxy groups -OCH3 is 1. The number of nitro benzene ring substituents is 1. The number of carbonyl (C=O) groups excluding carboxylic acids is 1. The second kappa shape index (κ2) is 13.4. The molecule has 0 fully saturated rings. The Hall–Kier alpha value is -2.89. The van der Waals surface area contributed by atoms with Crippen LogP contribution in [0.1, 0.15) is 34.6 Å². The quantitative estimate of drug-likeness (QED) is 0.314. The number of benzene rings is 1. The van der Waals surface area contributed by atoms with Crippen molar-refractivity contribution in [3.05, 3.63) is 28.3 Å². The number of nitro groups is 1. The molecule has 0 spiro atoms. The zero-order valence-electron chi connectivity index (χ0n) is 18.9. The zero-order valence-corrected chi connectivity index (χ0v) is 19.7. The van der Waals surface area contributed by atoms with E-state index in [1.165, 1.54) is 19.1 Å². The van der Waals surface area contributed by atoms with Gasteiger partial charge in [-0.05, 0) is 26.8 Å². The normalized spacial score (nSPS) is 10.7. The van der Waals surface area contributed by atoms with E-state index in [0.29, 0.717) is 0 Å². The number of hydrogen-bond donors (Lipinski definition) is 1. The van der Waals surface area contributed by atoms with Crippen molar-refractivity contribution in [3.63, 3.8) is 0 Å². The fourth-order valence-corrected chi connectivity index (χ4v) is 2.59. The maximum absolute atomic E-state index is 11.9. The Bertz CT molecular complexity index is 816. The molecule has 0 aliphatic rings. The first-order valence-electron chi connectivity index (χ1n) is 8.93. The lowest BCUT2D eigenvalue weighted by atomic mass is 10.2. The number of hydrogen-bond acceptors (Lipinski definition) is 7. The SMILES string of the molecule is CC.CNC(=O)OC(C)(C)C.COc1cc([N+](=O)[O-])ccc1S(=O)(=O)N=CN(C)C. The van der Waals surface area contributed by atoms with Gasteiger partial charge in [-0.3, -0.25) is 10.1 Å². The van der Waals surface area contributed by atoms with Crippen molar-refractivity contribution in [2.45, 2.75) is 45.1 Å². The summed E-state index contributed by atoms with van der Waals surface area (Å²) >= 11 is 0. The van der Waals surface area contributed by atoms with Crippen molar-refractivity contribution in [2.24, 2.45) is 4.40 Å². The predicted molar refractivity (Wildman–Crippen MR) is 116 cm³/mol. The minimum absolute atomic E-state index is 0.120. The van der Waals surface area contributed by atoms with Crippen LogP contribution < -0.4 is 10.1 Å². The number of non-ortho nitro benzene ring substituents is 1. The van der Waals surface area contributed by atoms with Crippen molar-refractivity contribution in [3.8, 4) is 5.75 Å². The molecule has 0 aromatic heterocycles. The summed E-state index contributed by atoms with van der Waals surface area (Å²) in [5, 5.41) is 13.0. The molecule has 0 heterocycles. The Morgan fingerprint density at radius 2 is 1.80 bits per heavy atom. The molecule has 1 aromatic rings. The van der Waals surface area contributed by atoms with E-state index < -0.39 is 14.9 Å². The zero-order chi connectivity index (χ0) is 24.1. The van der Waals surface area contributed by atoms with Crippen LogP contribution in [0, 0.1) is 10.1 Å². The van der Waals surface area contributed by atoms with Crippen LogP contribution in [-0.4, -0.2) is 64.5 Å². The fourth-order valence-electron chi connectivity index (χ4n) is 1.53. The lowest BCUT2D eigenvalue weighted by molar-refractivity contribution is -0.385. The molecule has 1 amide bonds. The monoisotopic (exact) mass is 448 g/mol. The van der Waals surface area contributed by atoms with Crippen LogP contribution in [0.15, 0.2) is 27.5 Å². The molecule has 0 aliphatic carbocycles. The van der Waals surface area contributed by atoms with Gasteiger partial charge in [0.2, 0.25) is 0 Å². The van der Waals surface area contributed by atoms with Gasteiger partial charge in [0.1, 0.15) is 22.6 Å². The summed E-state index contributed by atoms with van der Waals surface area (Å²) in [6, 6.07) is 3.22. The van der Waals surface area contributed by atoms with Crippen LogP contribution in [0.2, 0.25) is 0 Å². The van der Waals surface area contributed by atoms with Gasteiger partial charge in [-0.25, -0.2) is 4.79 Å². The van der Waals surface area contributed by atoms with Gasteiger partial charge in [0.15, 0.2) is 0 Å². The average molecular weight is 449 g/mol. The lowest BCUT2D eigenvalue weighted by Crippen LogP contribution is -2.30. The Balaban J connectivity index is 0. The van der Waals surface area contributed by atoms with Crippen LogP contribution in [0.3, 0.4) is 0 Å². The highest BCUT2D eigenvalue weighted by Crippen LogP contribution is 2.29. The Labute approximate surface area is 178 Å². The first kappa shape index (κ1) is 29.3. The van der Waals surface area contributed by atoms with E-state index in [-0.39, 0.29) is 28.0 Å². The number of ether oxygens (including phenoxy) is 2. The Kier molecular flexibility index (Phi) is 13.0. The van der Waals surface area contributed by atoms with Crippen LogP contribution >= 0.6 is 0 Å². The molecule has 0 atom stereocenters. The van der Waals surface area contributed by atoms with Gasteiger partial charge >= 0.3 is 6.09 Å². The number of alkyl carbamates (subject to hydrolysis) is 1. The van der Waals surface area contributed by atoms with Crippen molar-refractivity contribution >= 4 is 28.1 Å². The molecule has 0 unspecified atom stereocenters. The molecule has 1 N–H and O–H groups in total. The molecule has 0 bridgehead atoms. The highest BCUT2D eigenvalue weighted by atomic mass is 32.2. The summed E-state index contributed by atoms with van der Waals surface area (Å²) in [6.07, 6.45) is 0.735. The molecule has 12 heteroatoms. The maximum Gasteiger partial charge on any atom is 0.407 e. The van der Waals surface area contributed by atoms with E-state index in [2.05, 4.69) is 9.71 Å². The highest BCUT2D eigenvalue weighted by Gasteiger charge is 2.21. The second-order valence-electron chi connectivity index (χ2n) is 6.50. The summed E-state index contributed by atoms with van der Waals surface area (Å²) in [5.74, 6) is -0.120. The number of nitrogens with zero attached hydrogens (tertiary/aromatic N) is 3. The van der Waals surface area contributed by atoms with Gasteiger partial charge in [0, 0.05) is 27.2 Å². The molecule has 172 valence electrons. The third-order valence-corrected chi connectivity index (χ3v) is 3.92. The van der Waals surface area contributed by atoms with Crippen LogP contribution in [0.25, 0.3) is 0 Å². The van der Waals surface area contributed by atoms with Gasteiger partial charge in [-0.15, -0.1) is 4.40 Å². The van der Waals surface area contributed by atoms with Crippen molar-refractivity contribution in [1.82, 2.24) is 10.2 Å². The molecule has 0 saturated carbocycles. The topological polar surface area (TPSA) is 140 Å². The molecule has 0 radical (unpaired) electrons. The summed E-state index contributed by atoms with van der Waals surface area (Å²) < 4.78 is 37.0. The van der Waals surface area contributed by atoms with Crippen molar-refractivity contribution < 1.29 is 27.6 Å². The van der Waals surface area contributed by atoms with E-state index in [0.717, 1.165) is 24.5 Å². The Morgan fingerprint density at radius 3 is 2.13 bits per heavy atom. The summed E-state index contributed by atoms with van der Waals surface area (Å²) in [5.41, 5.74) is -0.646. The van der Waals surface area contributed by atoms with Crippen molar-refractivity contribution in [2.75, 3.05) is 28.3 Å². The van der Waals surface area contributed by atoms with Gasteiger partial charge in [0.05, 0.1) is 18.1 Å². The van der Waals surface area contributed by atoms with E-state index in [9.17, 15) is 23.3 Å². The summed E-state index contributed by atoms with van der Waals surface area (Å²) in [6.45, 7) is 9.47. The summed E-state index contributed by atoms with van der Waals surface area (Å²) in [7, 11) is 2.04. The predicted octanol–water partition coefficient (Wildman–Crippen LogP) is 3.05. The average Bonchev–Trinajstić information content (AvgIpc) is 2.66. The molecular weight excluding hydrogens is 416 g/mol. The largest absolute Gasteiger partial charge is 0.495 e. The molecule has 1 aromatic carbocycles. The third kappa shape index (κ3) is 11.8. The first-order chi connectivity index (χ1) is 13.7. The highest BCUT2D eigenvalue weighted by molar-refractivity contribution is 7.90. The van der Waals surface area contributed by atoms with Gasteiger partial charge < -0.3 is 19.7 Å². The van der Waals surface area contributed by atoms with Crippen LogP contribution in [0.5, 0.6) is 5.75 Å². The van der Waals surface area contributed by atoms with E-state index >= 15 is 0 Å². The van der Waals surface area contributed by atoms with E-state index in [4.69, 9.17) is 9.47 Å².